The summed E-state index contributed by atoms with van der Waals surface area (Å²) in [6, 6.07) is 22.3. The Labute approximate surface area is 226 Å². The van der Waals surface area contributed by atoms with Gasteiger partial charge in [0.1, 0.15) is 17.3 Å². The van der Waals surface area contributed by atoms with Crippen LogP contribution in [0.3, 0.4) is 0 Å². The molecule has 4 rings (SSSR count). The Hall–Kier alpha value is -3.80. The number of carbonyl (C=O) groups excluding carboxylic acids is 1. The van der Waals surface area contributed by atoms with Gasteiger partial charge in [-0.15, -0.1) is 0 Å². The Morgan fingerprint density at radius 1 is 0.895 bits per heavy atom. The maximum Gasteiger partial charge on any atom is 0.224 e. The molecule has 0 fully saturated rings. The summed E-state index contributed by atoms with van der Waals surface area (Å²) in [5, 5.41) is 3.04. The van der Waals surface area contributed by atoms with Gasteiger partial charge in [0.15, 0.2) is 0 Å². The Morgan fingerprint density at radius 3 is 2.42 bits per heavy atom. The van der Waals surface area contributed by atoms with Crippen molar-refractivity contribution in [1.82, 2.24) is 14.9 Å². The lowest BCUT2D eigenvalue weighted by Crippen LogP contribution is -2.26. The van der Waals surface area contributed by atoms with E-state index in [0.717, 1.165) is 67.1 Å². The van der Waals surface area contributed by atoms with Gasteiger partial charge in [0.05, 0.1) is 31.2 Å². The van der Waals surface area contributed by atoms with E-state index in [4.69, 9.17) is 14.5 Å². The van der Waals surface area contributed by atoms with E-state index in [9.17, 15) is 4.79 Å². The van der Waals surface area contributed by atoms with Gasteiger partial charge in [0, 0.05) is 19.5 Å². The van der Waals surface area contributed by atoms with Gasteiger partial charge < -0.3 is 19.4 Å². The second kappa shape index (κ2) is 13.7. The predicted molar refractivity (Wildman–Crippen MR) is 153 cm³/mol. The first-order valence-corrected chi connectivity index (χ1v) is 13.6. The first kappa shape index (κ1) is 27.2. The minimum absolute atomic E-state index is 0.0556. The molecule has 0 saturated heterocycles. The van der Waals surface area contributed by atoms with Crippen LogP contribution in [0.2, 0.25) is 0 Å². The SMILES string of the molecule is COc1ccc(CC(=O)NCCCCCc2nc3ccccc3n2CCCOc2cc(C)cc(C)c2)cc1. The molecule has 0 saturated carbocycles. The van der Waals surface area contributed by atoms with Crippen molar-refractivity contribution >= 4 is 16.9 Å². The van der Waals surface area contributed by atoms with Crippen molar-refractivity contribution in [3.63, 3.8) is 0 Å². The number of para-hydroxylation sites is 2. The number of aryl methyl sites for hydroxylation is 4. The van der Waals surface area contributed by atoms with Crippen LogP contribution in [-0.2, 0) is 24.2 Å². The third kappa shape index (κ3) is 7.85. The number of nitrogens with zero attached hydrogens (tertiary/aromatic N) is 2. The molecule has 0 atom stereocenters. The molecule has 3 aromatic carbocycles. The summed E-state index contributed by atoms with van der Waals surface area (Å²) in [7, 11) is 1.64. The fraction of sp³-hybridized carbons (Fsp3) is 0.375. The van der Waals surface area contributed by atoms with Crippen molar-refractivity contribution in [3.8, 4) is 11.5 Å². The summed E-state index contributed by atoms with van der Waals surface area (Å²) in [5.74, 6) is 2.92. The first-order valence-electron chi connectivity index (χ1n) is 13.6. The molecule has 1 N–H and O–H groups in total. The van der Waals surface area contributed by atoms with Gasteiger partial charge >= 0.3 is 0 Å². The lowest BCUT2D eigenvalue weighted by molar-refractivity contribution is -0.120. The summed E-state index contributed by atoms with van der Waals surface area (Å²) < 4.78 is 13.5. The number of unbranched alkanes of at least 4 members (excludes halogenated alkanes) is 2. The highest BCUT2D eigenvalue weighted by molar-refractivity contribution is 5.78. The number of fused-ring (bicyclic) bond motifs is 1. The van der Waals surface area contributed by atoms with Crippen LogP contribution in [0, 0.1) is 13.8 Å². The number of ether oxygens (including phenoxy) is 2. The molecule has 0 aliphatic rings. The van der Waals surface area contributed by atoms with Crippen LogP contribution in [0.4, 0.5) is 0 Å². The van der Waals surface area contributed by atoms with Crippen LogP contribution < -0.4 is 14.8 Å². The number of amides is 1. The van der Waals surface area contributed by atoms with E-state index in [0.29, 0.717) is 19.6 Å². The van der Waals surface area contributed by atoms with Gasteiger partial charge in [-0.2, -0.15) is 0 Å². The van der Waals surface area contributed by atoms with Crippen LogP contribution in [0.5, 0.6) is 11.5 Å². The molecular formula is C32H39N3O3. The van der Waals surface area contributed by atoms with E-state index in [1.807, 2.05) is 30.3 Å². The van der Waals surface area contributed by atoms with Crippen LogP contribution in [0.25, 0.3) is 11.0 Å². The van der Waals surface area contributed by atoms with Crippen molar-refractivity contribution in [3.05, 3.63) is 89.2 Å². The largest absolute Gasteiger partial charge is 0.497 e. The van der Waals surface area contributed by atoms with Crippen molar-refractivity contribution in [2.75, 3.05) is 20.3 Å². The van der Waals surface area contributed by atoms with Crippen molar-refractivity contribution in [2.24, 2.45) is 0 Å². The quantitative estimate of drug-likeness (QED) is 0.204. The highest BCUT2D eigenvalue weighted by Crippen LogP contribution is 2.20. The number of methoxy groups -OCH3 is 1. The Kier molecular flexibility index (Phi) is 9.79. The first-order chi connectivity index (χ1) is 18.5. The standard InChI is InChI=1S/C32H39N3O3/c1-24-20-25(2)22-28(21-24)38-19-9-18-35-30-11-7-6-10-29(30)34-31(35)12-5-4-8-17-33-32(36)23-26-13-15-27(37-3)16-14-26/h6-7,10-11,13-16,20-22H,4-5,8-9,12,17-19,23H2,1-3H3,(H,33,36). The van der Waals surface area contributed by atoms with Gasteiger partial charge in [0.25, 0.3) is 0 Å². The second-order valence-corrected chi connectivity index (χ2v) is 9.88. The molecule has 0 aliphatic heterocycles. The zero-order chi connectivity index (χ0) is 26.7. The second-order valence-electron chi connectivity index (χ2n) is 9.88. The molecule has 0 aliphatic carbocycles. The van der Waals surface area contributed by atoms with Gasteiger partial charge in [-0.3, -0.25) is 4.79 Å². The monoisotopic (exact) mass is 513 g/mol. The molecule has 4 aromatic rings. The fourth-order valence-electron chi connectivity index (χ4n) is 4.80. The minimum atomic E-state index is 0.0556. The van der Waals surface area contributed by atoms with Crippen LogP contribution in [0.1, 0.15) is 48.2 Å². The number of benzene rings is 3. The molecule has 0 bridgehead atoms. The predicted octanol–water partition coefficient (Wildman–Crippen LogP) is 6.20. The summed E-state index contributed by atoms with van der Waals surface area (Å²) in [4.78, 5) is 17.2. The molecule has 1 amide bonds. The summed E-state index contributed by atoms with van der Waals surface area (Å²) >= 11 is 0. The van der Waals surface area contributed by atoms with Gasteiger partial charge in [-0.1, -0.05) is 36.8 Å². The number of hydrogen-bond acceptors (Lipinski definition) is 4. The van der Waals surface area contributed by atoms with Crippen molar-refractivity contribution in [1.29, 1.82) is 0 Å². The van der Waals surface area contributed by atoms with Crippen LogP contribution in [0.15, 0.2) is 66.7 Å². The molecule has 38 heavy (non-hydrogen) atoms. The molecule has 0 unspecified atom stereocenters. The number of carbonyl (C=O) groups is 1. The maximum absolute atomic E-state index is 12.2. The van der Waals surface area contributed by atoms with E-state index >= 15 is 0 Å². The molecule has 0 radical (unpaired) electrons. The van der Waals surface area contributed by atoms with Gasteiger partial charge in [-0.05, 0) is 86.2 Å². The zero-order valence-corrected chi connectivity index (χ0v) is 22.8. The molecule has 0 spiro atoms. The third-order valence-corrected chi connectivity index (χ3v) is 6.65. The molecule has 1 aromatic heterocycles. The maximum atomic E-state index is 12.2. The number of imidazole rings is 1. The molecule has 1 heterocycles. The molecule has 6 heteroatoms. The Balaban J connectivity index is 1.21. The van der Waals surface area contributed by atoms with Crippen molar-refractivity contribution < 1.29 is 14.3 Å². The highest BCUT2D eigenvalue weighted by Gasteiger charge is 2.10. The highest BCUT2D eigenvalue weighted by atomic mass is 16.5. The summed E-state index contributed by atoms with van der Waals surface area (Å²) in [5.41, 5.74) is 5.66. The molecule has 6 nitrogen and oxygen atoms in total. The van der Waals surface area contributed by atoms with E-state index in [-0.39, 0.29) is 5.91 Å². The zero-order valence-electron chi connectivity index (χ0n) is 22.8. The average molecular weight is 514 g/mol. The smallest absolute Gasteiger partial charge is 0.224 e. The van der Waals surface area contributed by atoms with E-state index in [1.54, 1.807) is 7.11 Å². The lowest BCUT2D eigenvalue weighted by Gasteiger charge is -2.11. The topological polar surface area (TPSA) is 65.4 Å². The van der Waals surface area contributed by atoms with E-state index in [1.165, 1.54) is 16.6 Å². The fourth-order valence-corrected chi connectivity index (χ4v) is 4.80. The minimum Gasteiger partial charge on any atom is -0.497 e. The van der Waals surface area contributed by atoms with Crippen molar-refractivity contribution in [2.45, 2.75) is 58.9 Å². The molecule has 200 valence electrons. The van der Waals surface area contributed by atoms with Gasteiger partial charge in [0.2, 0.25) is 5.91 Å². The number of hydrogen-bond donors (Lipinski definition) is 1. The van der Waals surface area contributed by atoms with Gasteiger partial charge in [-0.25, -0.2) is 4.98 Å². The average Bonchev–Trinajstić information content (AvgIpc) is 3.25. The summed E-state index contributed by atoms with van der Waals surface area (Å²) in [6.45, 7) is 6.44. The normalized spacial score (nSPS) is 11.0. The third-order valence-electron chi connectivity index (χ3n) is 6.65. The number of rotatable bonds is 14. The van der Waals surface area contributed by atoms with E-state index in [2.05, 4.69) is 60.1 Å². The Bertz CT molecular complexity index is 1310. The Morgan fingerprint density at radius 2 is 1.66 bits per heavy atom. The molecular weight excluding hydrogens is 474 g/mol. The lowest BCUT2D eigenvalue weighted by atomic mass is 10.1. The van der Waals surface area contributed by atoms with Crippen LogP contribution >= 0.6 is 0 Å². The number of aromatic nitrogens is 2. The van der Waals surface area contributed by atoms with Crippen LogP contribution in [-0.4, -0.2) is 35.7 Å². The summed E-state index contributed by atoms with van der Waals surface area (Å²) in [6.07, 6.45) is 5.27. The number of nitrogens with one attached hydrogen (secondary N) is 1. The van der Waals surface area contributed by atoms with E-state index < -0.39 is 0 Å².